The summed E-state index contributed by atoms with van der Waals surface area (Å²) < 4.78 is 2.28. The van der Waals surface area contributed by atoms with Crippen molar-refractivity contribution in [1.82, 2.24) is 9.55 Å². The number of phenolic OH excluding ortho intramolecular Hbond substituents is 2. The van der Waals surface area contributed by atoms with Crippen molar-refractivity contribution < 1.29 is 10.2 Å². The maximum Gasteiger partial charge on any atom is 0.177 e. The monoisotopic (exact) mass is 196 g/mol. The van der Waals surface area contributed by atoms with Gasteiger partial charge in [-0.1, -0.05) is 0 Å². The van der Waals surface area contributed by atoms with Crippen molar-refractivity contribution in [3.05, 3.63) is 16.9 Å². The number of aromatic amines is 1. The molecule has 0 aliphatic heterocycles. The van der Waals surface area contributed by atoms with Crippen LogP contribution >= 0.6 is 12.2 Å². The highest BCUT2D eigenvalue weighted by Crippen LogP contribution is 2.29. The average Bonchev–Trinajstić information content (AvgIpc) is 2.32. The Morgan fingerprint density at radius 1 is 1.31 bits per heavy atom. The third-order valence-electron chi connectivity index (χ3n) is 2.00. The number of aromatic hydroxyl groups is 2. The Hall–Kier alpha value is -1.49. The smallest absolute Gasteiger partial charge is 0.177 e. The number of hydrogen-bond acceptors (Lipinski definition) is 3. The van der Waals surface area contributed by atoms with Crippen molar-refractivity contribution in [3.63, 3.8) is 0 Å². The number of imidazole rings is 1. The Labute approximate surface area is 79.1 Å². The van der Waals surface area contributed by atoms with Crippen LogP contribution in [0.1, 0.15) is 0 Å². The van der Waals surface area contributed by atoms with Crippen molar-refractivity contribution in [3.8, 4) is 11.5 Å². The van der Waals surface area contributed by atoms with Crippen molar-refractivity contribution in [1.29, 1.82) is 0 Å². The molecule has 68 valence electrons. The standard InChI is InChI=1S/C8H8N2O2S/c1-10-5-3-7(12)6(11)2-4(5)9-8(10)13/h2-3,11-12H,1H3,(H,9,13). The Morgan fingerprint density at radius 2 is 1.92 bits per heavy atom. The molecule has 0 fully saturated rings. The molecule has 0 atom stereocenters. The summed E-state index contributed by atoms with van der Waals surface area (Å²) in [4.78, 5) is 2.90. The largest absolute Gasteiger partial charge is 0.504 e. The average molecular weight is 196 g/mol. The van der Waals surface area contributed by atoms with Crippen molar-refractivity contribution >= 4 is 23.3 Å². The highest BCUT2D eigenvalue weighted by atomic mass is 32.1. The summed E-state index contributed by atoms with van der Waals surface area (Å²) in [5.74, 6) is -0.290. The van der Waals surface area contributed by atoms with Gasteiger partial charge in [-0.15, -0.1) is 0 Å². The molecule has 1 aromatic carbocycles. The van der Waals surface area contributed by atoms with Crippen LogP contribution in [-0.2, 0) is 7.05 Å². The van der Waals surface area contributed by atoms with Crippen LogP contribution in [0.5, 0.6) is 11.5 Å². The molecule has 0 saturated heterocycles. The quantitative estimate of drug-likeness (QED) is 0.443. The first kappa shape index (κ1) is 8.12. The molecule has 0 spiro atoms. The summed E-state index contributed by atoms with van der Waals surface area (Å²) in [6.07, 6.45) is 0. The molecule has 5 heteroatoms. The van der Waals surface area contributed by atoms with Crippen LogP contribution in [0.4, 0.5) is 0 Å². The minimum Gasteiger partial charge on any atom is -0.504 e. The number of aryl methyl sites for hydroxylation is 1. The van der Waals surface area contributed by atoms with Gasteiger partial charge in [-0.25, -0.2) is 0 Å². The van der Waals surface area contributed by atoms with Crippen LogP contribution in [0.15, 0.2) is 12.1 Å². The zero-order valence-electron chi connectivity index (χ0n) is 6.90. The Balaban J connectivity index is 2.97. The molecule has 3 N–H and O–H groups in total. The lowest BCUT2D eigenvalue weighted by molar-refractivity contribution is 0.404. The molecule has 0 radical (unpaired) electrons. The summed E-state index contributed by atoms with van der Waals surface area (Å²) in [5, 5.41) is 18.4. The fraction of sp³-hybridized carbons (Fsp3) is 0.125. The predicted molar refractivity (Wildman–Crippen MR) is 51.4 cm³/mol. The van der Waals surface area contributed by atoms with Gasteiger partial charge in [-0.05, 0) is 12.2 Å². The van der Waals surface area contributed by atoms with Crippen LogP contribution in [0.2, 0.25) is 0 Å². The first-order chi connectivity index (χ1) is 6.09. The van der Waals surface area contributed by atoms with E-state index in [1.165, 1.54) is 12.1 Å². The van der Waals surface area contributed by atoms with Gasteiger partial charge in [-0.3, -0.25) is 0 Å². The fourth-order valence-corrected chi connectivity index (χ4v) is 1.46. The van der Waals surface area contributed by atoms with E-state index in [0.29, 0.717) is 10.3 Å². The predicted octanol–water partition coefficient (Wildman–Crippen LogP) is 1.65. The van der Waals surface area contributed by atoms with Crippen molar-refractivity contribution in [2.75, 3.05) is 0 Å². The molecule has 0 bridgehead atoms. The molecule has 2 rings (SSSR count). The van der Waals surface area contributed by atoms with E-state index in [4.69, 9.17) is 12.2 Å². The van der Waals surface area contributed by atoms with Gasteiger partial charge in [0.1, 0.15) is 0 Å². The van der Waals surface area contributed by atoms with Gasteiger partial charge >= 0.3 is 0 Å². The molecular formula is C8H8N2O2S. The van der Waals surface area contributed by atoms with Crippen LogP contribution < -0.4 is 0 Å². The second kappa shape index (κ2) is 2.50. The minimum absolute atomic E-state index is 0.142. The van der Waals surface area contributed by atoms with E-state index in [1.807, 2.05) is 0 Å². The second-order valence-corrected chi connectivity index (χ2v) is 3.23. The lowest BCUT2D eigenvalue weighted by Gasteiger charge is -1.98. The lowest BCUT2D eigenvalue weighted by Crippen LogP contribution is -1.85. The molecule has 1 aromatic heterocycles. The Bertz CT molecular complexity index is 527. The number of phenols is 2. The third-order valence-corrected chi connectivity index (χ3v) is 2.38. The normalized spacial score (nSPS) is 10.8. The van der Waals surface area contributed by atoms with Gasteiger partial charge < -0.3 is 19.8 Å². The van der Waals surface area contributed by atoms with Gasteiger partial charge in [0.25, 0.3) is 0 Å². The lowest BCUT2D eigenvalue weighted by atomic mass is 10.3. The SMILES string of the molecule is Cn1c(=S)[nH]c2cc(O)c(O)cc21. The molecular weight excluding hydrogens is 188 g/mol. The van der Waals surface area contributed by atoms with Gasteiger partial charge in [0, 0.05) is 19.2 Å². The highest BCUT2D eigenvalue weighted by Gasteiger charge is 2.05. The number of aromatic nitrogens is 2. The molecule has 2 aromatic rings. The first-order valence-corrected chi connectivity index (χ1v) is 4.11. The van der Waals surface area contributed by atoms with Gasteiger partial charge in [0.05, 0.1) is 11.0 Å². The van der Waals surface area contributed by atoms with E-state index in [-0.39, 0.29) is 11.5 Å². The molecule has 0 amide bonds. The Kier molecular flexibility index (Phi) is 1.56. The van der Waals surface area contributed by atoms with E-state index in [0.717, 1.165) is 5.52 Å². The Morgan fingerprint density at radius 3 is 2.62 bits per heavy atom. The highest BCUT2D eigenvalue weighted by molar-refractivity contribution is 7.71. The number of nitrogens with zero attached hydrogens (tertiary/aromatic N) is 1. The summed E-state index contributed by atoms with van der Waals surface area (Å²) in [5.41, 5.74) is 1.48. The van der Waals surface area contributed by atoms with E-state index in [2.05, 4.69) is 4.98 Å². The number of H-pyrrole nitrogens is 1. The molecule has 0 aliphatic rings. The van der Waals surface area contributed by atoms with E-state index in [1.54, 1.807) is 11.6 Å². The first-order valence-electron chi connectivity index (χ1n) is 3.70. The van der Waals surface area contributed by atoms with E-state index < -0.39 is 0 Å². The molecule has 0 unspecified atom stereocenters. The molecule has 1 heterocycles. The zero-order chi connectivity index (χ0) is 9.59. The zero-order valence-corrected chi connectivity index (χ0v) is 7.72. The topological polar surface area (TPSA) is 61.2 Å². The summed E-state index contributed by atoms with van der Waals surface area (Å²) in [6, 6.07) is 2.91. The molecule has 0 saturated carbocycles. The van der Waals surface area contributed by atoms with Crippen LogP contribution in [0.25, 0.3) is 11.0 Å². The van der Waals surface area contributed by atoms with Crippen molar-refractivity contribution in [2.24, 2.45) is 7.05 Å². The molecule has 13 heavy (non-hydrogen) atoms. The van der Waals surface area contributed by atoms with Gasteiger partial charge in [0.2, 0.25) is 0 Å². The van der Waals surface area contributed by atoms with Gasteiger partial charge in [0.15, 0.2) is 16.3 Å². The van der Waals surface area contributed by atoms with Crippen LogP contribution in [0, 0.1) is 4.77 Å². The maximum absolute atomic E-state index is 9.24. The summed E-state index contributed by atoms with van der Waals surface area (Å²) in [7, 11) is 1.79. The summed E-state index contributed by atoms with van der Waals surface area (Å²) >= 11 is 4.98. The number of rotatable bonds is 0. The maximum atomic E-state index is 9.24. The number of nitrogens with one attached hydrogen (secondary N) is 1. The van der Waals surface area contributed by atoms with Crippen LogP contribution in [-0.4, -0.2) is 19.8 Å². The third kappa shape index (κ3) is 1.08. The second-order valence-electron chi connectivity index (χ2n) is 2.85. The van der Waals surface area contributed by atoms with Gasteiger partial charge in [-0.2, -0.15) is 0 Å². The number of hydrogen-bond donors (Lipinski definition) is 3. The molecule has 4 nitrogen and oxygen atoms in total. The van der Waals surface area contributed by atoms with E-state index in [9.17, 15) is 10.2 Å². The minimum atomic E-state index is -0.149. The summed E-state index contributed by atoms with van der Waals surface area (Å²) in [6.45, 7) is 0. The molecule has 0 aliphatic carbocycles. The van der Waals surface area contributed by atoms with E-state index >= 15 is 0 Å². The fourth-order valence-electron chi connectivity index (χ4n) is 1.25. The van der Waals surface area contributed by atoms with Crippen LogP contribution in [0.3, 0.4) is 0 Å². The number of fused-ring (bicyclic) bond motifs is 1. The number of benzene rings is 1. The van der Waals surface area contributed by atoms with Crippen molar-refractivity contribution in [2.45, 2.75) is 0 Å².